The summed E-state index contributed by atoms with van der Waals surface area (Å²) in [6, 6.07) is 13.3. The summed E-state index contributed by atoms with van der Waals surface area (Å²) in [5, 5.41) is 8.25. The van der Waals surface area contributed by atoms with Crippen LogP contribution in [0.2, 0.25) is 5.15 Å². The molecule has 0 bridgehead atoms. The first kappa shape index (κ1) is 20.1. The highest BCUT2D eigenvalue weighted by molar-refractivity contribution is 6.29. The molecule has 8 nitrogen and oxygen atoms in total. The molecule has 1 aromatic carbocycles. The van der Waals surface area contributed by atoms with Crippen molar-refractivity contribution < 1.29 is 14.3 Å². The van der Waals surface area contributed by atoms with Crippen molar-refractivity contribution in [2.75, 3.05) is 12.4 Å². The average molecular weight is 412 g/mol. The third-order valence-corrected chi connectivity index (χ3v) is 3.99. The van der Waals surface area contributed by atoms with Crippen molar-refractivity contribution in [1.82, 2.24) is 20.6 Å². The summed E-state index contributed by atoms with van der Waals surface area (Å²) in [6.45, 7) is 0.334. The number of nitrogens with one attached hydrogen (secondary N) is 3. The lowest BCUT2D eigenvalue weighted by molar-refractivity contribution is 0.0958. The predicted octanol–water partition coefficient (Wildman–Crippen LogP) is 3.60. The highest BCUT2D eigenvalue weighted by Crippen LogP contribution is 2.22. The number of urea groups is 1. The zero-order valence-electron chi connectivity index (χ0n) is 15.5. The number of pyridine rings is 2. The topological polar surface area (TPSA) is 105 Å². The summed E-state index contributed by atoms with van der Waals surface area (Å²) in [5.41, 5.74) is 1.72. The number of rotatable bonds is 6. The lowest BCUT2D eigenvalue weighted by Gasteiger charge is -2.09. The maximum absolute atomic E-state index is 12.0. The molecule has 0 fully saturated rings. The van der Waals surface area contributed by atoms with Gasteiger partial charge in [0.05, 0.1) is 0 Å². The second kappa shape index (κ2) is 9.52. The Labute approximate surface area is 172 Å². The lowest BCUT2D eigenvalue weighted by Crippen LogP contribution is -2.28. The number of carbonyl (C=O) groups is 2. The predicted molar refractivity (Wildman–Crippen MR) is 109 cm³/mol. The fraction of sp³-hybridized carbons (Fsp3) is 0.100. The number of amides is 3. The Kier molecular flexibility index (Phi) is 6.59. The van der Waals surface area contributed by atoms with Gasteiger partial charge in [-0.15, -0.1) is 0 Å². The quantitative estimate of drug-likeness (QED) is 0.537. The molecular formula is C20H18ClN5O3. The highest BCUT2D eigenvalue weighted by atomic mass is 35.5. The summed E-state index contributed by atoms with van der Waals surface area (Å²) in [6.07, 6.45) is 3.02. The summed E-state index contributed by atoms with van der Waals surface area (Å²) < 4.78 is 5.75. The van der Waals surface area contributed by atoms with Crippen LogP contribution < -0.4 is 20.7 Å². The Bertz CT molecular complexity index is 1010. The van der Waals surface area contributed by atoms with Crippen LogP contribution in [0.4, 0.5) is 10.5 Å². The number of benzene rings is 1. The maximum atomic E-state index is 12.0. The number of hydrogen-bond acceptors (Lipinski definition) is 5. The molecule has 9 heteroatoms. The first-order valence-corrected chi connectivity index (χ1v) is 9.02. The minimum absolute atomic E-state index is 0.271. The molecule has 2 aromatic heterocycles. The fourth-order valence-electron chi connectivity index (χ4n) is 2.38. The molecule has 0 saturated heterocycles. The average Bonchev–Trinajstić information content (AvgIpc) is 2.73. The molecule has 0 atom stereocenters. The number of anilines is 1. The summed E-state index contributed by atoms with van der Waals surface area (Å²) >= 11 is 5.79. The van der Waals surface area contributed by atoms with E-state index < -0.39 is 0 Å². The van der Waals surface area contributed by atoms with Gasteiger partial charge in [0.1, 0.15) is 22.3 Å². The number of carbonyl (C=O) groups excluding carboxylic acids is 2. The molecule has 3 aromatic rings. The van der Waals surface area contributed by atoms with E-state index in [2.05, 4.69) is 25.9 Å². The van der Waals surface area contributed by atoms with Gasteiger partial charge < -0.3 is 20.7 Å². The van der Waals surface area contributed by atoms with Crippen LogP contribution in [0.5, 0.6) is 11.5 Å². The van der Waals surface area contributed by atoms with E-state index in [4.69, 9.17) is 16.3 Å². The number of halogens is 1. The molecule has 3 N–H and O–H groups in total. The first-order chi connectivity index (χ1) is 14.0. The van der Waals surface area contributed by atoms with Gasteiger partial charge in [-0.1, -0.05) is 23.7 Å². The molecule has 29 heavy (non-hydrogen) atoms. The van der Waals surface area contributed by atoms with Gasteiger partial charge in [-0.2, -0.15) is 0 Å². The zero-order valence-corrected chi connectivity index (χ0v) is 16.2. The number of ether oxygens (including phenoxy) is 1. The molecule has 0 unspecified atom stereocenters. The second-order valence-electron chi connectivity index (χ2n) is 5.88. The van der Waals surface area contributed by atoms with Crippen molar-refractivity contribution in [2.45, 2.75) is 6.54 Å². The standard InChI is InChI=1S/C20H18ClN5O3/c1-22-19(27)17-11-16(7-9-23-17)29-15-4-2-13(3-5-15)12-25-20(28)26-14-6-8-24-18(21)10-14/h2-11H,12H2,1H3,(H,22,27)(H2,24,25,26,28). The molecule has 0 aliphatic carbocycles. The summed E-state index contributed by atoms with van der Waals surface area (Å²) in [5.74, 6) is 0.808. The Morgan fingerprint density at radius 1 is 1.00 bits per heavy atom. The summed E-state index contributed by atoms with van der Waals surface area (Å²) in [7, 11) is 1.54. The molecule has 2 heterocycles. The number of nitrogens with zero attached hydrogens (tertiary/aromatic N) is 2. The third kappa shape index (κ3) is 5.91. The van der Waals surface area contributed by atoms with E-state index in [0.717, 1.165) is 5.56 Å². The molecule has 148 valence electrons. The van der Waals surface area contributed by atoms with Crippen molar-refractivity contribution in [3.05, 3.63) is 77.3 Å². The minimum Gasteiger partial charge on any atom is -0.457 e. The van der Waals surface area contributed by atoms with Crippen LogP contribution in [0.1, 0.15) is 16.1 Å². The highest BCUT2D eigenvalue weighted by Gasteiger charge is 2.07. The van der Waals surface area contributed by atoms with Gasteiger partial charge in [0.25, 0.3) is 5.91 Å². The fourth-order valence-corrected chi connectivity index (χ4v) is 2.55. The Morgan fingerprint density at radius 2 is 1.76 bits per heavy atom. The molecule has 0 aliphatic rings. The smallest absolute Gasteiger partial charge is 0.319 e. The molecule has 3 amide bonds. The van der Waals surface area contributed by atoms with E-state index in [9.17, 15) is 9.59 Å². The van der Waals surface area contributed by atoms with Gasteiger partial charge in [-0.3, -0.25) is 9.78 Å². The zero-order chi connectivity index (χ0) is 20.6. The maximum Gasteiger partial charge on any atom is 0.319 e. The normalized spacial score (nSPS) is 10.1. The third-order valence-electron chi connectivity index (χ3n) is 3.79. The molecule has 0 radical (unpaired) electrons. The minimum atomic E-state index is -0.355. The van der Waals surface area contributed by atoms with E-state index in [1.165, 1.54) is 19.4 Å². The molecular weight excluding hydrogens is 394 g/mol. The van der Waals surface area contributed by atoms with Gasteiger partial charge in [0.2, 0.25) is 0 Å². The van der Waals surface area contributed by atoms with E-state index in [1.807, 2.05) is 12.1 Å². The van der Waals surface area contributed by atoms with Crippen LogP contribution in [0.25, 0.3) is 0 Å². The molecule has 3 rings (SSSR count). The van der Waals surface area contributed by atoms with Crippen molar-refractivity contribution in [3.63, 3.8) is 0 Å². The van der Waals surface area contributed by atoms with Crippen LogP contribution in [0, 0.1) is 0 Å². The SMILES string of the molecule is CNC(=O)c1cc(Oc2ccc(CNC(=O)Nc3ccnc(Cl)c3)cc2)ccn1. The van der Waals surface area contributed by atoms with Crippen LogP contribution in [0.15, 0.2) is 60.9 Å². The van der Waals surface area contributed by atoms with Crippen molar-refractivity contribution in [3.8, 4) is 11.5 Å². The Morgan fingerprint density at radius 3 is 2.48 bits per heavy atom. The molecule has 0 saturated carbocycles. The largest absolute Gasteiger partial charge is 0.457 e. The Balaban J connectivity index is 1.53. The molecule has 0 aliphatic heterocycles. The van der Waals surface area contributed by atoms with Gasteiger partial charge in [-0.05, 0) is 35.9 Å². The number of hydrogen-bond donors (Lipinski definition) is 3. The van der Waals surface area contributed by atoms with E-state index in [0.29, 0.717) is 28.9 Å². The van der Waals surface area contributed by atoms with Crippen molar-refractivity contribution in [1.29, 1.82) is 0 Å². The van der Waals surface area contributed by atoms with Gasteiger partial charge >= 0.3 is 6.03 Å². The van der Waals surface area contributed by atoms with Gasteiger partial charge in [0, 0.05) is 37.7 Å². The van der Waals surface area contributed by atoms with E-state index in [-0.39, 0.29) is 17.6 Å². The lowest BCUT2D eigenvalue weighted by atomic mass is 10.2. The second-order valence-corrected chi connectivity index (χ2v) is 6.26. The molecule has 0 spiro atoms. The van der Waals surface area contributed by atoms with Crippen molar-refractivity contribution >= 4 is 29.2 Å². The van der Waals surface area contributed by atoms with Crippen LogP contribution in [-0.2, 0) is 6.54 Å². The number of aromatic nitrogens is 2. The van der Waals surface area contributed by atoms with Crippen LogP contribution >= 0.6 is 11.6 Å². The van der Waals surface area contributed by atoms with Crippen LogP contribution in [0.3, 0.4) is 0 Å². The van der Waals surface area contributed by atoms with E-state index >= 15 is 0 Å². The summed E-state index contributed by atoms with van der Waals surface area (Å²) in [4.78, 5) is 31.5. The monoisotopic (exact) mass is 411 g/mol. The van der Waals surface area contributed by atoms with Crippen molar-refractivity contribution in [2.24, 2.45) is 0 Å². The van der Waals surface area contributed by atoms with E-state index in [1.54, 1.807) is 36.4 Å². The Hall–Kier alpha value is -3.65. The first-order valence-electron chi connectivity index (χ1n) is 8.65. The van der Waals surface area contributed by atoms with Crippen LogP contribution in [-0.4, -0.2) is 29.0 Å². The van der Waals surface area contributed by atoms with Gasteiger partial charge in [0.15, 0.2) is 0 Å². The van der Waals surface area contributed by atoms with Gasteiger partial charge in [-0.25, -0.2) is 9.78 Å².